The van der Waals surface area contributed by atoms with Gasteiger partial charge in [-0.25, -0.2) is 9.78 Å². The molecule has 0 bridgehead atoms. The average Bonchev–Trinajstić information content (AvgIpc) is 3.20. The van der Waals surface area contributed by atoms with Gasteiger partial charge in [-0.3, -0.25) is 9.78 Å². The van der Waals surface area contributed by atoms with Crippen LogP contribution in [0.4, 0.5) is 10.5 Å². The summed E-state index contributed by atoms with van der Waals surface area (Å²) in [5, 5.41) is 5.67. The lowest BCUT2D eigenvalue weighted by molar-refractivity contribution is -0.115. The standard InChI is InChI=1S/C24H28N4O3S/c1-5-28(23(30)31-24(2,3)4)15-18-9-6-7-11-20(18)27-21(29)13-19-16-32-22(26-19)17-10-8-12-25-14-17/h6-12,14,16H,5,13,15H2,1-4H3,(H,27,29). The Bertz CT molecular complexity index is 1060. The minimum absolute atomic E-state index is 0.161. The fraction of sp³-hybridized carbons (Fsp3) is 0.333. The van der Waals surface area contributed by atoms with Crippen LogP contribution >= 0.6 is 11.3 Å². The van der Waals surface area contributed by atoms with Crippen LogP contribution in [0.5, 0.6) is 0 Å². The number of ether oxygens (including phenoxy) is 1. The first-order valence-corrected chi connectivity index (χ1v) is 11.3. The number of amides is 2. The molecule has 0 saturated heterocycles. The van der Waals surface area contributed by atoms with Crippen molar-refractivity contribution in [2.24, 2.45) is 0 Å². The van der Waals surface area contributed by atoms with Crippen LogP contribution in [0.25, 0.3) is 10.6 Å². The monoisotopic (exact) mass is 452 g/mol. The largest absolute Gasteiger partial charge is 0.444 e. The van der Waals surface area contributed by atoms with Crippen LogP contribution < -0.4 is 5.32 Å². The number of para-hydroxylation sites is 1. The third kappa shape index (κ3) is 6.62. The smallest absolute Gasteiger partial charge is 0.410 e. The summed E-state index contributed by atoms with van der Waals surface area (Å²) in [5.74, 6) is -0.166. The van der Waals surface area contributed by atoms with E-state index in [4.69, 9.17) is 4.74 Å². The number of rotatable bonds is 7. The zero-order valence-electron chi connectivity index (χ0n) is 18.8. The second kappa shape index (κ2) is 10.4. The number of hydrogen-bond donors (Lipinski definition) is 1. The molecule has 7 nitrogen and oxygen atoms in total. The SMILES string of the molecule is CCN(Cc1ccccc1NC(=O)Cc1csc(-c2cccnc2)n1)C(=O)OC(C)(C)C. The first-order valence-electron chi connectivity index (χ1n) is 10.5. The number of carbonyl (C=O) groups excluding carboxylic acids is 2. The molecule has 3 rings (SSSR count). The van der Waals surface area contributed by atoms with E-state index >= 15 is 0 Å². The molecule has 8 heteroatoms. The number of nitrogens with zero attached hydrogens (tertiary/aromatic N) is 3. The summed E-state index contributed by atoms with van der Waals surface area (Å²) in [6, 6.07) is 11.3. The summed E-state index contributed by atoms with van der Waals surface area (Å²) in [7, 11) is 0. The van der Waals surface area contributed by atoms with Crippen LogP contribution in [-0.2, 0) is 22.5 Å². The number of pyridine rings is 1. The van der Waals surface area contributed by atoms with E-state index in [0.717, 1.165) is 16.1 Å². The zero-order chi connectivity index (χ0) is 23.1. The lowest BCUT2D eigenvalue weighted by Crippen LogP contribution is -2.36. The molecule has 0 aliphatic rings. The highest BCUT2D eigenvalue weighted by Gasteiger charge is 2.22. The van der Waals surface area contributed by atoms with Crippen LogP contribution in [0.2, 0.25) is 0 Å². The van der Waals surface area contributed by atoms with E-state index in [0.29, 0.717) is 24.5 Å². The lowest BCUT2D eigenvalue weighted by Gasteiger charge is -2.27. The van der Waals surface area contributed by atoms with Crippen molar-refractivity contribution in [2.75, 3.05) is 11.9 Å². The topological polar surface area (TPSA) is 84.4 Å². The van der Waals surface area contributed by atoms with E-state index in [2.05, 4.69) is 15.3 Å². The highest BCUT2D eigenvalue weighted by Crippen LogP contribution is 2.24. The summed E-state index contributed by atoms with van der Waals surface area (Å²) < 4.78 is 5.49. The molecule has 0 radical (unpaired) electrons. The summed E-state index contributed by atoms with van der Waals surface area (Å²) in [6.45, 7) is 8.24. The van der Waals surface area contributed by atoms with Gasteiger partial charge in [0, 0.05) is 35.6 Å². The Morgan fingerprint density at radius 3 is 2.62 bits per heavy atom. The Hall–Kier alpha value is -3.26. The minimum atomic E-state index is -0.569. The highest BCUT2D eigenvalue weighted by atomic mass is 32.1. The summed E-state index contributed by atoms with van der Waals surface area (Å²) in [4.78, 5) is 35.5. The van der Waals surface area contributed by atoms with Crippen molar-refractivity contribution in [3.8, 4) is 10.6 Å². The van der Waals surface area contributed by atoms with E-state index in [9.17, 15) is 9.59 Å². The van der Waals surface area contributed by atoms with Gasteiger partial charge in [0.25, 0.3) is 0 Å². The van der Waals surface area contributed by atoms with Crippen LogP contribution in [0.15, 0.2) is 54.2 Å². The molecule has 0 aliphatic carbocycles. The highest BCUT2D eigenvalue weighted by molar-refractivity contribution is 7.13. The van der Waals surface area contributed by atoms with Gasteiger partial charge in [0.2, 0.25) is 5.91 Å². The molecule has 168 valence electrons. The molecule has 0 unspecified atom stereocenters. The van der Waals surface area contributed by atoms with Gasteiger partial charge in [-0.2, -0.15) is 0 Å². The Morgan fingerprint density at radius 1 is 1.16 bits per heavy atom. The fourth-order valence-corrected chi connectivity index (χ4v) is 3.80. The molecule has 0 aliphatic heterocycles. The summed E-state index contributed by atoms with van der Waals surface area (Å²) in [6.07, 6.45) is 3.25. The molecule has 2 heterocycles. The molecular weight excluding hydrogens is 424 g/mol. The van der Waals surface area contributed by atoms with Gasteiger partial charge >= 0.3 is 6.09 Å². The van der Waals surface area contributed by atoms with Crippen molar-refractivity contribution in [3.05, 3.63) is 65.4 Å². The number of anilines is 1. The van der Waals surface area contributed by atoms with Gasteiger partial charge in [-0.05, 0) is 51.5 Å². The second-order valence-electron chi connectivity index (χ2n) is 8.26. The molecule has 2 amide bonds. The van der Waals surface area contributed by atoms with Gasteiger partial charge in [-0.15, -0.1) is 11.3 Å². The maximum atomic E-state index is 12.7. The van der Waals surface area contributed by atoms with Crippen molar-refractivity contribution < 1.29 is 14.3 Å². The van der Waals surface area contributed by atoms with Gasteiger partial charge in [0.15, 0.2) is 0 Å². The fourth-order valence-electron chi connectivity index (χ4n) is 2.99. The number of carbonyl (C=O) groups is 2. The van der Waals surface area contributed by atoms with E-state index in [1.54, 1.807) is 17.3 Å². The molecule has 0 spiro atoms. The molecule has 1 N–H and O–H groups in total. The predicted molar refractivity (Wildman–Crippen MR) is 126 cm³/mol. The Labute approximate surface area is 192 Å². The van der Waals surface area contributed by atoms with Crippen molar-refractivity contribution in [3.63, 3.8) is 0 Å². The van der Waals surface area contributed by atoms with Crippen molar-refractivity contribution in [2.45, 2.75) is 46.3 Å². The van der Waals surface area contributed by atoms with Crippen LogP contribution in [0.1, 0.15) is 39.0 Å². The third-order valence-corrected chi connectivity index (χ3v) is 5.43. The zero-order valence-corrected chi connectivity index (χ0v) is 19.6. The van der Waals surface area contributed by atoms with Crippen LogP contribution in [0.3, 0.4) is 0 Å². The Kier molecular flexibility index (Phi) is 7.58. The lowest BCUT2D eigenvalue weighted by atomic mass is 10.1. The Morgan fingerprint density at radius 2 is 1.94 bits per heavy atom. The van der Waals surface area contributed by atoms with Crippen molar-refractivity contribution >= 4 is 29.0 Å². The van der Waals surface area contributed by atoms with Gasteiger partial charge < -0.3 is 15.0 Å². The van der Waals surface area contributed by atoms with Crippen molar-refractivity contribution in [1.82, 2.24) is 14.9 Å². The molecule has 3 aromatic rings. The first kappa shape index (κ1) is 23.4. The summed E-state index contributed by atoms with van der Waals surface area (Å²) in [5.41, 5.74) is 2.56. The predicted octanol–water partition coefficient (Wildman–Crippen LogP) is 5.14. The molecule has 0 saturated carbocycles. The van der Waals surface area contributed by atoms with Crippen LogP contribution in [0, 0.1) is 0 Å². The molecule has 1 aromatic carbocycles. The molecule has 2 aromatic heterocycles. The summed E-state index contributed by atoms with van der Waals surface area (Å²) >= 11 is 1.48. The molecular formula is C24H28N4O3S. The number of aromatic nitrogens is 2. The maximum absolute atomic E-state index is 12.7. The van der Waals surface area contributed by atoms with Gasteiger partial charge in [-0.1, -0.05) is 18.2 Å². The van der Waals surface area contributed by atoms with E-state index in [-0.39, 0.29) is 18.4 Å². The van der Waals surface area contributed by atoms with Gasteiger partial charge in [0.05, 0.1) is 18.7 Å². The first-order chi connectivity index (χ1) is 15.2. The van der Waals surface area contributed by atoms with Crippen molar-refractivity contribution in [1.29, 1.82) is 0 Å². The number of hydrogen-bond acceptors (Lipinski definition) is 6. The number of thiazole rings is 1. The van der Waals surface area contributed by atoms with Crippen LogP contribution in [-0.4, -0.2) is 39.0 Å². The van der Waals surface area contributed by atoms with Gasteiger partial charge in [0.1, 0.15) is 10.6 Å². The van der Waals surface area contributed by atoms with E-state index in [1.807, 2.05) is 69.5 Å². The quantitative estimate of drug-likeness (QED) is 0.536. The number of benzene rings is 1. The minimum Gasteiger partial charge on any atom is -0.444 e. The Balaban J connectivity index is 1.66. The number of nitrogens with one attached hydrogen (secondary N) is 1. The van der Waals surface area contributed by atoms with E-state index < -0.39 is 5.60 Å². The third-order valence-electron chi connectivity index (χ3n) is 4.49. The maximum Gasteiger partial charge on any atom is 0.410 e. The second-order valence-corrected chi connectivity index (χ2v) is 9.12. The molecule has 0 atom stereocenters. The molecule has 32 heavy (non-hydrogen) atoms. The average molecular weight is 453 g/mol. The molecule has 0 fully saturated rings. The normalized spacial score (nSPS) is 11.1. The van der Waals surface area contributed by atoms with E-state index in [1.165, 1.54) is 11.3 Å².